The van der Waals surface area contributed by atoms with Gasteiger partial charge in [0.15, 0.2) is 0 Å². The second kappa shape index (κ2) is 9.19. The summed E-state index contributed by atoms with van der Waals surface area (Å²) in [4.78, 5) is 9.20. The second-order valence-electron chi connectivity index (χ2n) is 6.39. The molecule has 0 atom stereocenters. The number of nitrogens with one attached hydrogen (secondary N) is 1. The van der Waals surface area contributed by atoms with Crippen LogP contribution in [0.25, 0.3) is 22.5 Å². The lowest BCUT2D eigenvalue weighted by Crippen LogP contribution is -2.00. The summed E-state index contributed by atoms with van der Waals surface area (Å²) in [5.74, 6) is 0.465. The summed E-state index contributed by atoms with van der Waals surface area (Å²) in [6, 6.07) is 25.3. The molecule has 0 fully saturated rings. The van der Waals surface area contributed by atoms with Crippen molar-refractivity contribution in [3.8, 4) is 28.3 Å². The summed E-state index contributed by atoms with van der Waals surface area (Å²) in [6.45, 7) is 0. The molecule has 7 heteroatoms. The van der Waals surface area contributed by atoms with E-state index in [0.29, 0.717) is 16.0 Å². The number of anilines is 1. The highest BCUT2D eigenvalue weighted by molar-refractivity contribution is 9.11. The molecule has 0 amide bonds. The SMILES string of the molecule is Oc1c(Br)cc(Br)cc1/C=N\Nc1nc(-c2ccccc2)cc(-c2ccccc2)n1. The Morgan fingerprint density at radius 2 is 1.37 bits per heavy atom. The molecule has 2 N–H and O–H groups in total. The Bertz CT molecular complexity index is 1140. The van der Waals surface area contributed by atoms with Crippen molar-refractivity contribution < 1.29 is 5.11 Å². The number of hydrazone groups is 1. The smallest absolute Gasteiger partial charge is 0.244 e. The number of phenols is 1. The molecule has 1 heterocycles. The van der Waals surface area contributed by atoms with E-state index in [9.17, 15) is 5.11 Å². The quantitative estimate of drug-likeness (QED) is 0.232. The maximum absolute atomic E-state index is 10.2. The van der Waals surface area contributed by atoms with Crippen molar-refractivity contribution in [3.05, 3.63) is 93.4 Å². The van der Waals surface area contributed by atoms with Crippen molar-refractivity contribution in [2.24, 2.45) is 5.10 Å². The lowest BCUT2D eigenvalue weighted by Gasteiger charge is -2.08. The average molecular weight is 524 g/mol. The first-order valence-electron chi connectivity index (χ1n) is 9.07. The summed E-state index contributed by atoms with van der Waals surface area (Å²) in [5, 5.41) is 14.4. The first-order valence-corrected chi connectivity index (χ1v) is 10.7. The number of phenolic OH excluding ortho intramolecular Hbond substituents is 1. The molecule has 0 unspecified atom stereocenters. The van der Waals surface area contributed by atoms with Gasteiger partial charge in [0.25, 0.3) is 0 Å². The Balaban J connectivity index is 1.69. The number of halogens is 2. The van der Waals surface area contributed by atoms with E-state index in [0.717, 1.165) is 27.0 Å². The number of aromatic hydroxyl groups is 1. The van der Waals surface area contributed by atoms with E-state index in [1.807, 2.05) is 66.7 Å². The van der Waals surface area contributed by atoms with E-state index in [4.69, 9.17) is 0 Å². The lowest BCUT2D eigenvalue weighted by atomic mass is 10.1. The molecular formula is C23H16Br2N4O. The third-order valence-electron chi connectivity index (χ3n) is 4.29. The van der Waals surface area contributed by atoms with Gasteiger partial charge in [-0.1, -0.05) is 76.6 Å². The Morgan fingerprint density at radius 3 is 1.93 bits per heavy atom. The molecule has 0 aliphatic rings. The van der Waals surface area contributed by atoms with E-state index in [2.05, 4.69) is 52.4 Å². The van der Waals surface area contributed by atoms with Crippen LogP contribution in [0.5, 0.6) is 5.75 Å². The third-order valence-corrected chi connectivity index (χ3v) is 5.35. The number of aromatic nitrogens is 2. The monoisotopic (exact) mass is 522 g/mol. The summed E-state index contributed by atoms with van der Waals surface area (Å²) in [7, 11) is 0. The lowest BCUT2D eigenvalue weighted by molar-refractivity contribution is 0.471. The Labute approximate surface area is 190 Å². The van der Waals surface area contributed by atoms with E-state index in [-0.39, 0.29) is 5.75 Å². The molecule has 4 rings (SSSR count). The molecule has 4 aromatic rings. The zero-order valence-corrected chi connectivity index (χ0v) is 18.8. The van der Waals surface area contributed by atoms with Crippen LogP contribution in [0.15, 0.2) is 92.9 Å². The van der Waals surface area contributed by atoms with Gasteiger partial charge in [-0.05, 0) is 34.1 Å². The molecule has 0 aliphatic carbocycles. The van der Waals surface area contributed by atoms with E-state index < -0.39 is 0 Å². The Hall–Kier alpha value is -3.03. The summed E-state index contributed by atoms with van der Waals surface area (Å²) in [5.41, 5.74) is 6.97. The fraction of sp³-hybridized carbons (Fsp3) is 0. The van der Waals surface area contributed by atoms with Gasteiger partial charge in [-0.15, -0.1) is 0 Å². The van der Waals surface area contributed by atoms with Gasteiger partial charge >= 0.3 is 0 Å². The zero-order valence-electron chi connectivity index (χ0n) is 15.6. The molecule has 0 spiro atoms. The Morgan fingerprint density at radius 1 is 0.800 bits per heavy atom. The molecular weight excluding hydrogens is 508 g/mol. The second-order valence-corrected chi connectivity index (χ2v) is 8.16. The number of hydrogen-bond donors (Lipinski definition) is 2. The molecule has 0 saturated carbocycles. The van der Waals surface area contributed by atoms with E-state index in [1.54, 1.807) is 12.1 Å². The highest BCUT2D eigenvalue weighted by atomic mass is 79.9. The van der Waals surface area contributed by atoms with Crippen LogP contribution < -0.4 is 5.43 Å². The van der Waals surface area contributed by atoms with Crippen molar-refractivity contribution in [2.75, 3.05) is 5.43 Å². The van der Waals surface area contributed by atoms with Crippen molar-refractivity contribution in [1.82, 2.24) is 9.97 Å². The van der Waals surface area contributed by atoms with Crippen LogP contribution in [0.3, 0.4) is 0 Å². The number of nitrogens with zero attached hydrogens (tertiary/aromatic N) is 3. The van der Waals surface area contributed by atoms with Gasteiger partial charge < -0.3 is 5.11 Å². The van der Waals surface area contributed by atoms with E-state index >= 15 is 0 Å². The molecule has 148 valence electrons. The predicted octanol–water partition coefficient (Wildman–Crippen LogP) is 6.49. The van der Waals surface area contributed by atoms with Crippen LogP contribution >= 0.6 is 31.9 Å². The van der Waals surface area contributed by atoms with Gasteiger partial charge in [-0.25, -0.2) is 15.4 Å². The minimum absolute atomic E-state index is 0.104. The molecule has 5 nitrogen and oxygen atoms in total. The molecule has 0 bridgehead atoms. The topological polar surface area (TPSA) is 70.4 Å². The van der Waals surface area contributed by atoms with Gasteiger partial charge in [0.1, 0.15) is 5.75 Å². The standard InChI is InChI=1S/C23H16Br2N4O/c24-18-11-17(22(30)19(25)12-18)14-26-29-23-27-20(15-7-3-1-4-8-15)13-21(28-23)16-9-5-2-6-10-16/h1-14,30H,(H,27,28,29)/b26-14-. The van der Waals surface area contributed by atoms with Crippen molar-refractivity contribution >= 4 is 44.0 Å². The first-order chi connectivity index (χ1) is 14.6. The minimum Gasteiger partial charge on any atom is -0.506 e. The third kappa shape index (κ3) is 4.75. The maximum Gasteiger partial charge on any atom is 0.244 e. The van der Waals surface area contributed by atoms with Crippen LogP contribution in [-0.2, 0) is 0 Å². The van der Waals surface area contributed by atoms with Gasteiger partial charge in [0, 0.05) is 21.2 Å². The van der Waals surface area contributed by atoms with Crippen molar-refractivity contribution in [2.45, 2.75) is 0 Å². The van der Waals surface area contributed by atoms with Crippen molar-refractivity contribution in [3.63, 3.8) is 0 Å². The van der Waals surface area contributed by atoms with Crippen LogP contribution in [0.2, 0.25) is 0 Å². The number of benzene rings is 3. The van der Waals surface area contributed by atoms with Crippen LogP contribution in [0.4, 0.5) is 5.95 Å². The van der Waals surface area contributed by atoms with E-state index in [1.165, 1.54) is 6.21 Å². The maximum atomic E-state index is 10.2. The minimum atomic E-state index is 0.104. The molecule has 0 radical (unpaired) electrons. The average Bonchev–Trinajstić information content (AvgIpc) is 2.78. The van der Waals surface area contributed by atoms with Crippen LogP contribution in [0, 0.1) is 0 Å². The van der Waals surface area contributed by atoms with Gasteiger partial charge in [0.05, 0.1) is 22.1 Å². The van der Waals surface area contributed by atoms with Gasteiger partial charge in [-0.3, -0.25) is 0 Å². The molecule has 30 heavy (non-hydrogen) atoms. The van der Waals surface area contributed by atoms with Crippen LogP contribution in [-0.4, -0.2) is 21.3 Å². The molecule has 0 saturated heterocycles. The highest BCUT2D eigenvalue weighted by Crippen LogP contribution is 2.30. The highest BCUT2D eigenvalue weighted by Gasteiger charge is 2.09. The fourth-order valence-corrected chi connectivity index (χ4v) is 4.11. The first kappa shape index (κ1) is 20.3. The summed E-state index contributed by atoms with van der Waals surface area (Å²) >= 11 is 6.72. The van der Waals surface area contributed by atoms with Crippen molar-refractivity contribution in [1.29, 1.82) is 0 Å². The summed E-state index contributed by atoms with van der Waals surface area (Å²) in [6.07, 6.45) is 1.52. The number of hydrogen-bond acceptors (Lipinski definition) is 5. The largest absolute Gasteiger partial charge is 0.506 e. The fourth-order valence-electron chi connectivity index (χ4n) is 2.85. The number of rotatable bonds is 5. The summed E-state index contributed by atoms with van der Waals surface area (Å²) < 4.78 is 1.40. The zero-order chi connectivity index (χ0) is 20.9. The molecule has 3 aromatic carbocycles. The Kier molecular flexibility index (Phi) is 6.21. The molecule has 1 aromatic heterocycles. The van der Waals surface area contributed by atoms with Gasteiger partial charge in [-0.2, -0.15) is 5.10 Å². The normalized spacial score (nSPS) is 11.0. The van der Waals surface area contributed by atoms with Crippen LogP contribution in [0.1, 0.15) is 5.56 Å². The predicted molar refractivity (Wildman–Crippen MR) is 128 cm³/mol. The van der Waals surface area contributed by atoms with Gasteiger partial charge in [0.2, 0.25) is 5.95 Å². The molecule has 0 aliphatic heterocycles.